The third kappa shape index (κ3) is 6.34. The highest BCUT2D eigenvalue weighted by Crippen LogP contribution is 2.30. The summed E-state index contributed by atoms with van der Waals surface area (Å²) in [7, 11) is 1.54. The number of amides is 2. The van der Waals surface area contributed by atoms with Crippen LogP contribution < -0.4 is 15.8 Å². The van der Waals surface area contributed by atoms with E-state index in [-0.39, 0.29) is 42.5 Å². The van der Waals surface area contributed by atoms with E-state index in [1.165, 1.54) is 17.9 Å². The number of fused-ring (bicyclic) bond motifs is 1. The van der Waals surface area contributed by atoms with Gasteiger partial charge in [0.25, 0.3) is 5.56 Å². The summed E-state index contributed by atoms with van der Waals surface area (Å²) < 4.78 is 1.30. The second-order valence-corrected chi connectivity index (χ2v) is 10.2. The number of carbonyl (C=O) groups excluding carboxylic acids is 3. The van der Waals surface area contributed by atoms with E-state index in [2.05, 4.69) is 15.2 Å². The van der Waals surface area contributed by atoms with Crippen molar-refractivity contribution < 1.29 is 14.4 Å². The Morgan fingerprint density at radius 1 is 1.00 bits per heavy atom. The zero-order valence-electron chi connectivity index (χ0n) is 21.2. The first-order valence-corrected chi connectivity index (χ1v) is 13.1. The van der Waals surface area contributed by atoms with Crippen molar-refractivity contribution in [2.45, 2.75) is 32.2 Å². The quantitative estimate of drug-likeness (QED) is 0.455. The number of hydrogen-bond donors (Lipinski definition) is 1. The molecule has 1 aliphatic rings. The second-order valence-electron chi connectivity index (χ2n) is 9.36. The fraction of sp³-hybridized carbons (Fsp3) is 0.370. The summed E-state index contributed by atoms with van der Waals surface area (Å²) in [5, 5.41) is 3.72. The minimum absolute atomic E-state index is 0.0380. The summed E-state index contributed by atoms with van der Waals surface area (Å²) in [5.41, 5.74) is 1.81. The van der Waals surface area contributed by atoms with Gasteiger partial charge in [-0.3, -0.25) is 23.7 Å². The molecule has 3 aromatic rings. The van der Waals surface area contributed by atoms with Crippen molar-refractivity contribution >= 4 is 57.4 Å². The number of benzene rings is 2. The van der Waals surface area contributed by atoms with Gasteiger partial charge in [0.1, 0.15) is 0 Å². The molecular weight excluding hydrogens is 529 g/mol. The Bertz CT molecular complexity index is 1430. The van der Waals surface area contributed by atoms with Crippen LogP contribution in [0.3, 0.4) is 0 Å². The highest BCUT2D eigenvalue weighted by atomic mass is 35.5. The Morgan fingerprint density at radius 3 is 2.39 bits per heavy atom. The van der Waals surface area contributed by atoms with Gasteiger partial charge in [0.05, 0.1) is 33.8 Å². The summed E-state index contributed by atoms with van der Waals surface area (Å²) in [5.74, 6) is -0.807. The number of rotatable bonds is 8. The SMILES string of the molecule is CNC(=O)CC(CC(=O)Cn1cnc2ccc(N3CCN(C(C)=O)CC3)cc2c1=O)c1ccc(Cl)c(Cl)c1. The number of anilines is 1. The van der Waals surface area contributed by atoms with Gasteiger partial charge < -0.3 is 15.1 Å². The molecule has 0 aliphatic carbocycles. The van der Waals surface area contributed by atoms with E-state index < -0.39 is 5.92 Å². The van der Waals surface area contributed by atoms with Gasteiger partial charge in [-0.05, 0) is 41.8 Å². The number of piperazine rings is 1. The van der Waals surface area contributed by atoms with Crippen molar-refractivity contribution in [3.8, 4) is 0 Å². The van der Waals surface area contributed by atoms with Gasteiger partial charge in [-0.1, -0.05) is 29.3 Å². The van der Waals surface area contributed by atoms with Gasteiger partial charge in [0, 0.05) is 58.7 Å². The maximum Gasteiger partial charge on any atom is 0.261 e. The van der Waals surface area contributed by atoms with E-state index >= 15 is 0 Å². The molecule has 0 bridgehead atoms. The molecule has 38 heavy (non-hydrogen) atoms. The molecule has 1 atom stereocenters. The van der Waals surface area contributed by atoms with Crippen LogP contribution in [0.5, 0.6) is 0 Å². The Balaban J connectivity index is 1.53. The lowest BCUT2D eigenvalue weighted by Gasteiger charge is -2.35. The smallest absolute Gasteiger partial charge is 0.261 e. The van der Waals surface area contributed by atoms with Crippen LogP contribution in [0.4, 0.5) is 5.69 Å². The van der Waals surface area contributed by atoms with Crippen LogP contribution in [-0.4, -0.2) is 65.3 Å². The predicted molar refractivity (Wildman–Crippen MR) is 148 cm³/mol. The minimum atomic E-state index is -0.429. The van der Waals surface area contributed by atoms with Crippen LogP contribution in [0.1, 0.15) is 31.2 Å². The lowest BCUT2D eigenvalue weighted by atomic mass is 9.90. The molecule has 1 aliphatic heterocycles. The van der Waals surface area contributed by atoms with Crippen LogP contribution in [-0.2, 0) is 20.9 Å². The zero-order valence-corrected chi connectivity index (χ0v) is 22.8. The molecule has 9 nitrogen and oxygen atoms in total. The van der Waals surface area contributed by atoms with E-state index in [1.807, 2.05) is 6.07 Å². The van der Waals surface area contributed by atoms with Gasteiger partial charge >= 0.3 is 0 Å². The summed E-state index contributed by atoms with van der Waals surface area (Å²) >= 11 is 12.2. The van der Waals surface area contributed by atoms with Crippen molar-refractivity contribution in [1.82, 2.24) is 19.8 Å². The number of halogens is 2. The third-order valence-electron chi connectivity index (χ3n) is 6.84. The van der Waals surface area contributed by atoms with Crippen LogP contribution in [0.2, 0.25) is 10.0 Å². The van der Waals surface area contributed by atoms with E-state index in [4.69, 9.17) is 23.2 Å². The van der Waals surface area contributed by atoms with Crippen molar-refractivity contribution in [1.29, 1.82) is 0 Å². The number of hydrogen-bond acceptors (Lipinski definition) is 6. The van der Waals surface area contributed by atoms with Gasteiger partial charge in [-0.2, -0.15) is 0 Å². The first-order chi connectivity index (χ1) is 18.2. The van der Waals surface area contributed by atoms with Crippen LogP contribution in [0.15, 0.2) is 47.5 Å². The topological polar surface area (TPSA) is 105 Å². The fourth-order valence-corrected chi connectivity index (χ4v) is 4.97. The highest BCUT2D eigenvalue weighted by molar-refractivity contribution is 6.42. The summed E-state index contributed by atoms with van der Waals surface area (Å²) in [6.07, 6.45) is 1.50. The maximum absolute atomic E-state index is 13.3. The Morgan fingerprint density at radius 2 is 1.74 bits per heavy atom. The number of Topliss-reactive ketones (excluding diaryl/α,β-unsaturated/α-hetero) is 1. The molecule has 1 aromatic heterocycles. The normalized spacial score (nSPS) is 14.4. The standard InChI is InChI=1S/C27H29Cl2N5O4/c1-17(35)32-7-9-33(10-8-32)20-4-6-25-22(14-20)27(38)34(16-31-25)15-21(36)11-19(13-26(37)30-2)18-3-5-23(28)24(29)12-18/h3-6,12,14,16,19H,7-11,13,15H2,1-2H3,(H,30,37). The molecule has 2 heterocycles. The van der Waals surface area contributed by atoms with E-state index in [1.54, 1.807) is 42.2 Å². The monoisotopic (exact) mass is 557 g/mol. The van der Waals surface area contributed by atoms with Crippen molar-refractivity contribution in [3.05, 3.63) is 68.7 Å². The third-order valence-corrected chi connectivity index (χ3v) is 7.58. The second kappa shape index (κ2) is 12.0. The summed E-state index contributed by atoms with van der Waals surface area (Å²) in [4.78, 5) is 58.5. The largest absolute Gasteiger partial charge is 0.368 e. The first kappa shape index (κ1) is 27.6. The molecule has 1 saturated heterocycles. The molecule has 200 valence electrons. The van der Waals surface area contributed by atoms with E-state index in [9.17, 15) is 19.2 Å². The maximum atomic E-state index is 13.3. The Labute approximate surface area is 230 Å². The highest BCUT2D eigenvalue weighted by Gasteiger charge is 2.22. The minimum Gasteiger partial charge on any atom is -0.368 e. The summed E-state index contributed by atoms with van der Waals surface area (Å²) in [6.45, 7) is 3.96. The zero-order chi connectivity index (χ0) is 27.4. The van der Waals surface area contributed by atoms with Crippen LogP contribution in [0, 0.1) is 0 Å². The van der Waals surface area contributed by atoms with Crippen molar-refractivity contribution in [2.24, 2.45) is 0 Å². The number of ketones is 1. The number of aromatic nitrogens is 2. The number of nitrogens with zero attached hydrogens (tertiary/aromatic N) is 4. The predicted octanol–water partition coefficient (Wildman–Crippen LogP) is 3.25. The number of carbonyl (C=O) groups is 3. The molecular formula is C27H29Cl2N5O4. The van der Waals surface area contributed by atoms with Gasteiger partial charge in [-0.15, -0.1) is 0 Å². The van der Waals surface area contributed by atoms with Gasteiger partial charge in [0.2, 0.25) is 11.8 Å². The average molecular weight is 558 g/mol. The van der Waals surface area contributed by atoms with Crippen molar-refractivity contribution in [3.63, 3.8) is 0 Å². The van der Waals surface area contributed by atoms with E-state index in [0.29, 0.717) is 47.1 Å². The van der Waals surface area contributed by atoms with E-state index in [0.717, 1.165) is 11.3 Å². The molecule has 4 rings (SSSR count). The number of nitrogens with one attached hydrogen (secondary N) is 1. The molecule has 1 unspecified atom stereocenters. The molecule has 0 radical (unpaired) electrons. The molecule has 1 N–H and O–H groups in total. The van der Waals surface area contributed by atoms with Gasteiger partial charge in [0.15, 0.2) is 5.78 Å². The van der Waals surface area contributed by atoms with Crippen LogP contribution in [0.25, 0.3) is 10.9 Å². The lowest BCUT2D eigenvalue weighted by Crippen LogP contribution is -2.48. The molecule has 0 spiro atoms. The van der Waals surface area contributed by atoms with Crippen LogP contribution >= 0.6 is 23.2 Å². The Hall–Kier alpha value is -3.43. The Kier molecular flexibility index (Phi) is 8.69. The molecule has 1 fully saturated rings. The molecule has 11 heteroatoms. The summed E-state index contributed by atoms with van der Waals surface area (Å²) in [6, 6.07) is 10.5. The lowest BCUT2D eigenvalue weighted by molar-refractivity contribution is -0.129. The molecule has 2 aromatic carbocycles. The molecule has 2 amide bonds. The first-order valence-electron chi connectivity index (χ1n) is 12.3. The molecule has 0 saturated carbocycles. The van der Waals surface area contributed by atoms with Crippen molar-refractivity contribution in [2.75, 3.05) is 38.1 Å². The average Bonchev–Trinajstić information content (AvgIpc) is 2.91. The fourth-order valence-electron chi connectivity index (χ4n) is 4.67. The van der Waals surface area contributed by atoms with Gasteiger partial charge in [-0.25, -0.2) is 4.98 Å².